The third-order valence-corrected chi connectivity index (χ3v) is 6.14. The van der Waals surface area contributed by atoms with Crippen LogP contribution in [0.2, 0.25) is 5.02 Å². The Bertz CT molecular complexity index is 713. The molecule has 0 spiro atoms. The highest BCUT2D eigenvalue weighted by Gasteiger charge is 2.22. The van der Waals surface area contributed by atoms with E-state index in [0.29, 0.717) is 29.5 Å². The second-order valence-corrected chi connectivity index (χ2v) is 9.28. The predicted molar refractivity (Wildman–Crippen MR) is 103 cm³/mol. The van der Waals surface area contributed by atoms with Gasteiger partial charge < -0.3 is 4.90 Å². The van der Waals surface area contributed by atoms with Crippen LogP contribution in [0.25, 0.3) is 0 Å². The van der Waals surface area contributed by atoms with Crippen LogP contribution in [-0.2, 0) is 14.8 Å². The molecule has 2 rings (SSSR count). The number of likely N-dealkylation sites (tertiary alicyclic amines) is 1. The number of halogens is 1. The third kappa shape index (κ3) is 5.61. The van der Waals surface area contributed by atoms with E-state index < -0.39 is 10.0 Å². The number of amides is 1. The second kappa shape index (κ2) is 8.41. The van der Waals surface area contributed by atoms with Crippen LogP contribution in [0.3, 0.4) is 0 Å². The van der Waals surface area contributed by atoms with Crippen LogP contribution in [0.4, 0.5) is 5.69 Å². The van der Waals surface area contributed by atoms with E-state index in [2.05, 4.69) is 6.92 Å². The molecule has 0 N–H and O–H groups in total. The lowest BCUT2D eigenvalue weighted by molar-refractivity contribution is -0.132. The van der Waals surface area contributed by atoms with Crippen LogP contribution >= 0.6 is 11.6 Å². The fourth-order valence-electron chi connectivity index (χ4n) is 3.11. The van der Waals surface area contributed by atoms with Crippen LogP contribution in [0.1, 0.15) is 38.2 Å². The van der Waals surface area contributed by atoms with E-state index in [1.807, 2.05) is 11.8 Å². The number of hydrogen-bond donors (Lipinski definition) is 0. The van der Waals surface area contributed by atoms with Gasteiger partial charge in [0.25, 0.3) is 0 Å². The summed E-state index contributed by atoms with van der Waals surface area (Å²) in [4.78, 5) is 14.2. The van der Waals surface area contributed by atoms with Gasteiger partial charge in [0.1, 0.15) is 0 Å². The summed E-state index contributed by atoms with van der Waals surface area (Å²) in [7, 11) is -3.44. The molecule has 0 aliphatic carbocycles. The molecule has 1 aromatic rings. The van der Waals surface area contributed by atoms with Gasteiger partial charge in [-0.2, -0.15) is 0 Å². The molecule has 1 saturated heterocycles. The van der Waals surface area contributed by atoms with Gasteiger partial charge in [-0.05, 0) is 49.8 Å². The number of sulfonamides is 1. The standard InChI is InChI=1S/C18H27ClN2O3S/c1-14-8-11-20(12-9-14)18(22)5-4-10-21(25(3,23)24)17-13-16(19)7-6-15(17)2/h6-7,13-14H,4-5,8-12H2,1-3H3. The summed E-state index contributed by atoms with van der Waals surface area (Å²) in [6, 6.07) is 5.20. The van der Waals surface area contributed by atoms with Gasteiger partial charge in [0.15, 0.2) is 0 Å². The Morgan fingerprint density at radius 2 is 1.96 bits per heavy atom. The first-order valence-corrected chi connectivity index (χ1v) is 10.9. The van der Waals surface area contributed by atoms with Gasteiger partial charge in [-0.25, -0.2) is 8.42 Å². The minimum Gasteiger partial charge on any atom is -0.343 e. The average molecular weight is 387 g/mol. The first kappa shape index (κ1) is 20.0. The Labute approximate surface area is 156 Å². The van der Waals surface area contributed by atoms with Crippen molar-refractivity contribution in [3.05, 3.63) is 28.8 Å². The minimum absolute atomic E-state index is 0.114. The van der Waals surface area contributed by atoms with Gasteiger partial charge in [0.2, 0.25) is 15.9 Å². The minimum atomic E-state index is -3.44. The maximum Gasteiger partial charge on any atom is 0.232 e. The van der Waals surface area contributed by atoms with Crippen LogP contribution in [0.5, 0.6) is 0 Å². The quantitative estimate of drug-likeness (QED) is 0.752. The Hall–Kier alpha value is -1.27. The predicted octanol–water partition coefficient (Wildman–Crippen LogP) is 3.45. The van der Waals surface area contributed by atoms with Crippen molar-refractivity contribution in [3.63, 3.8) is 0 Å². The van der Waals surface area contributed by atoms with Crippen LogP contribution in [0.15, 0.2) is 18.2 Å². The second-order valence-electron chi connectivity index (χ2n) is 6.93. The molecular weight excluding hydrogens is 360 g/mol. The Morgan fingerprint density at radius 3 is 2.56 bits per heavy atom. The molecule has 0 radical (unpaired) electrons. The van der Waals surface area contributed by atoms with E-state index in [-0.39, 0.29) is 12.5 Å². The zero-order valence-corrected chi connectivity index (χ0v) is 16.7. The third-order valence-electron chi connectivity index (χ3n) is 4.73. The molecular formula is C18H27ClN2O3S. The highest BCUT2D eigenvalue weighted by Crippen LogP contribution is 2.27. The highest BCUT2D eigenvalue weighted by molar-refractivity contribution is 7.92. The van der Waals surface area contributed by atoms with Crippen molar-refractivity contribution < 1.29 is 13.2 Å². The summed E-state index contributed by atoms with van der Waals surface area (Å²) < 4.78 is 25.7. The number of carbonyl (C=O) groups excluding carboxylic acids is 1. The van der Waals surface area contributed by atoms with Gasteiger partial charge in [-0.15, -0.1) is 0 Å². The topological polar surface area (TPSA) is 57.7 Å². The molecule has 0 atom stereocenters. The van der Waals surface area contributed by atoms with Gasteiger partial charge in [0, 0.05) is 31.1 Å². The van der Waals surface area contributed by atoms with Gasteiger partial charge in [0.05, 0.1) is 11.9 Å². The Morgan fingerprint density at radius 1 is 1.32 bits per heavy atom. The molecule has 1 fully saturated rings. The highest BCUT2D eigenvalue weighted by atomic mass is 35.5. The van der Waals surface area contributed by atoms with Crippen molar-refractivity contribution in [1.82, 2.24) is 4.90 Å². The zero-order chi connectivity index (χ0) is 18.6. The van der Waals surface area contributed by atoms with Gasteiger partial charge in [-0.1, -0.05) is 24.6 Å². The van der Waals surface area contributed by atoms with E-state index in [1.165, 1.54) is 10.6 Å². The molecule has 25 heavy (non-hydrogen) atoms. The fourth-order valence-corrected chi connectivity index (χ4v) is 4.29. The molecule has 7 heteroatoms. The molecule has 1 heterocycles. The normalized spacial score (nSPS) is 16.1. The first-order chi connectivity index (χ1) is 11.7. The lowest BCUT2D eigenvalue weighted by atomic mass is 9.99. The lowest BCUT2D eigenvalue weighted by Crippen LogP contribution is -2.38. The molecule has 0 bridgehead atoms. The average Bonchev–Trinajstić information content (AvgIpc) is 2.53. The molecule has 1 aliphatic heterocycles. The van der Waals surface area contributed by atoms with Crippen molar-refractivity contribution in [2.45, 2.75) is 39.5 Å². The van der Waals surface area contributed by atoms with Crippen LogP contribution < -0.4 is 4.31 Å². The largest absolute Gasteiger partial charge is 0.343 e. The maximum atomic E-state index is 12.3. The molecule has 0 aromatic heterocycles. The van der Waals surface area contributed by atoms with Crippen molar-refractivity contribution in [2.24, 2.45) is 5.92 Å². The molecule has 5 nitrogen and oxygen atoms in total. The number of nitrogens with zero attached hydrogens (tertiary/aromatic N) is 2. The Kier molecular flexibility index (Phi) is 6.74. The summed E-state index contributed by atoms with van der Waals surface area (Å²) in [6.45, 7) is 5.95. The maximum absolute atomic E-state index is 12.3. The van der Waals surface area contributed by atoms with Crippen LogP contribution in [0, 0.1) is 12.8 Å². The molecule has 0 unspecified atom stereocenters. The summed E-state index contributed by atoms with van der Waals surface area (Å²) in [5, 5.41) is 0.493. The van der Waals surface area contributed by atoms with Crippen molar-refractivity contribution in [2.75, 3.05) is 30.2 Å². The molecule has 1 amide bonds. The Balaban J connectivity index is 1.99. The summed E-state index contributed by atoms with van der Waals surface area (Å²) in [5.74, 6) is 0.791. The summed E-state index contributed by atoms with van der Waals surface area (Å²) in [6.07, 6.45) is 4.12. The number of hydrogen-bond acceptors (Lipinski definition) is 3. The monoisotopic (exact) mass is 386 g/mol. The van der Waals surface area contributed by atoms with Crippen molar-refractivity contribution in [1.29, 1.82) is 0 Å². The number of piperidine rings is 1. The smallest absolute Gasteiger partial charge is 0.232 e. The number of benzene rings is 1. The number of carbonyl (C=O) groups is 1. The fraction of sp³-hybridized carbons (Fsp3) is 0.611. The van der Waals surface area contributed by atoms with E-state index in [0.717, 1.165) is 31.5 Å². The number of anilines is 1. The molecule has 140 valence electrons. The number of aryl methyl sites for hydroxylation is 1. The lowest BCUT2D eigenvalue weighted by Gasteiger charge is -2.30. The molecule has 0 saturated carbocycles. The van der Waals surface area contributed by atoms with Gasteiger partial charge >= 0.3 is 0 Å². The van der Waals surface area contributed by atoms with Gasteiger partial charge in [-0.3, -0.25) is 9.10 Å². The molecule has 1 aromatic carbocycles. The zero-order valence-electron chi connectivity index (χ0n) is 15.2. The number of rotatable bonds is 6. The van der Waals surface area contributed by atoms with Crippen molar-refractivity contribution >= 4 is 33.2 Å². The van der Waals surface area contributed by atoms with E-state index >= 15 is 0 Å². The first-order valence-electron chi connectivity index (χ1n) is 8.70. The molecule has 1 aliphatic rings. The summed E-state index contributed by atoms with van der Waals surface area (Å²) >= 11 is 6.03. The summed E-state index contributed by atoms with van der Waals surface area (Å²) in [5.41, 5.74) is 1.42. The van der Waals surface area contributed by atoms with E-state index in [9.17, 15) is 13.2 Å². The van der Waals surface area contributed by atoms with Crippen molar-refractivity contribution in [3.8, 4) is 0 Å². The van der Waals surface area contributed by atoms with E-state index in [1.54, 1.807) is 18.2 Å². The van der Waals surface area contributed by atoms with E-state index in [4.69, 9.17) is 11.6 Å². The SMILES string of the molecule is Cc1ccc(Cl)cc1N(CCCC(=O)N1CCC(C)CC1)S(C)(=O)=O. The van der Waals surface area contributed by atoms with Crippen LogP contribution in [-0.4, -0.2) is 45.1 Å².